The van der Waals surface area contributed by atoms with Crippen molar-refractivity contribution in [3.8, 4) is 0 Å². The molecule has 4 fully saturated rings. The molecule has 3 N–H and O–H groups in total. The number of rotatable bonds is 2. The molecule has 6 atom stereocenters. The van der Waals surface area contributed by atoms with Gasteiger partial charge in [0.05, 0.1) is 19.7 Å². The summed E-state index contributed by atoms with van der Waals surface area (Å²) >= 11 is 0. The third-order valence-electron chi connectivity index (χ3n) is 6.87. The van der Waals surface area contributed by atoms with Gasteiger partial charge in [-0.05, 0) is 12.0 Å². The fourth-order valence-electron chi connectivity index (χ4n) is 5.73. The van der Waals surface area contributed by atoms with Crippen LogP contribution in [0.2, 0.25) is 0 Å². The Morgan fingerprint density at radius 2 is 2.26 bits per heavy atom. The van der Waals surface area contributed by atoms with Gasteiger partial charge in [-0.15, -0.1) is 6.58 Å². The molecule has 5 aliphatic heterocycles. The van der Waals surface area contributed by atoms with Gasteiger partial charge in [0.15, 0.2) is 0 Å². The number of nitrogens with one attached hydrogen (secondary N) is 2. The van der Waals surface area contributed by atoms with Crippen molar-refractivity contribution in [2.75, 3.05) is 25.0 Å². The van der Waals surface area contributed by atoms with Gasteiger partial charge in [-0.3, -0.25) is 0 Å². The summed E-state index contributed by atoms with van der Waals surface area (Å²) in [7, 11) is 0. The Morgan fingerprint density at radius 1 is 1.39 bits per heavy atom. The van der Waals surface area contributed by atoms with Crippen molar-refractivity contribution in [1.29, 1.82) is 0 Å². The largest absolute Gasteiger partial charge is 0.380 e. The molecule has 122 valence electrons. The topological polar surface area (TPSA) is 45.9 Å². The second-order valence-electron chi connectivity index (χ2n) is 7.71. The number of hydrogen-bond acceptors (Lipinski definition) is 3. The maximum Gasteiger partial charge on any atom is 0.225 e. The lowest BCUT2D eigenvalue weighted by molar-refractivity contribution is -0.953. The molecule has 6 rings (SSSR count). The van der Waals surface area contributed by atoms with Crippen molar-refractivity contribution in [3.63, 3.8) is 0 Å². The highest BCUT2D eigenvalue weighted by Gasteiger charge is 2.70. The molecule has 0 saturated carbocycles. The van der Waals surface area contributed by atoms with E-state index >= 15 is 0 Å². The Kier molecular flexibility index (Phi) is 2.80. The fourth-order valence-corrected chi connectivity index (χ4v) is 5.73. The first kappa shape index (κ1) is 14.0. The molecule has 0 aliphatic carbocycles. The molecule has 5 aliphatic rings. The molecule has 1 aromatic carbocycles. The summed E-state index contributed by atoms with van der Waals surface area (Å²) in [5.41, 5.74) is 0.496. The van der Waals surface area contributed by atoms with Crippen LogP contribution in [0.1, 0.15) is 24.8 Å². The molecule has 1 aromatic rings. The summed E-state index contributed by atoms with van der Waals surface area (Å²) in [5, 5.41) is 15.2. The van der Waals surface area contributed by atoms with Gasteiger partial charge in [0.2, 0.25) is 5.72 Å². The number of benzene rings is 1. The van der Waals surface area contributed by atoms with Crippen LogP contribution in [0.4, 0.5) is 5.69 Å². The van der Waals surface area contributed by atoms with Crippen LogP contribution < -0.4 is 10.2 Å². The monoisotopic (exact) mass is 313 g/mol. The number of quaternary nitrogens is 1. The van der Waals surface area contributed by atoms with Crippen molar-refractivity contribution in [2.45, 2.75) is 36.6 Å². The Labute approximate surface area is 137 Å². The van der Waals surface area contributed by atoms with Crippen LogP contribution in [-0.2, 0) is 10.3 Å². The van der Waals surface area contributed by atoms with E-state index in [1.165, 1.54) is 13.0 Å². The SMILES string of the molecule is C=C[C@H]1C[NH+]2CC[C@@H]1C[C@@H]2[C@@]12Nc3ccccc3[C@]1(O)CCO2. The number of ether oxygens (including phenoxy) is 1. The van der Waals surface area contributed by atoms with E-state index in [1.807, 2.05) is 12.1 Å². The van der Waals surface area contributed by atoms with E-state index in [4.69, 9.17) is 4.74 Å². The minimum absolute atomic E-state index is 0.303. The molecule has 23 heavy (non-hydrogen) atoms. The second-order valence-corrected chi connectivity index (χ2v) is 7.71. The predicted octanol–water partition coefficient (Wildman–Crippen LogP) is 0.896. The van der Waals surface area contributed by atoms with Gasteiger partial charge < -0.3 is 20.1 Å². The average Bonchev–Trinajstić information content (AvgIpc) is 3.05. The fraction of sp³-hybridized carbons (Fsp3) is 0.579. The lowest BCUT2D eigenvalue weighted by atomic mass is 9.70. The molecule has 4 heteroatoms. The Morgan fingerprint density at radius 3 is 3.04 bits per heavy atom. The highest BCUT2D eigenvalue weighted by Crippen LogP contribution is 2.54. The summed E-state index contributed by atoms with van der Waals surface area (Å²) < 4.78 is 6.30. The molecule has 4 nitrogen and oxygen atoms in total. The Hall–Kier alpha value is -1.36. The third kappa shape index (κ3) is 1.61. The summed E-state index contributed by atoms with van der Waals surface area (Å²) in [6.45, 7) is 6.95. The van der Waals surface area contributed by atoms with Crippen LogP contribution in [0, 0.1) is 11.8 Å². The van der Waals surface area contributed by atoms with Crippen LogP contribution in [-0.4, -0.2) is 36.6 Å². The molecule has 2 bridgehead atoms. The van der Waals surface area contributed by atoms with Crippen LogP contribution in [0.25, 0.3) is 0 Å². The molecule has 5 heterocycles. The zero-order valence-corrected chi connectivity index (χ0v) is 13.4. The highest BCUT2D eigenvalue weighted by atomic mass is 16.5. The van der Waals surface area contributed by atoms with Crippen LogP contribution in [0.5, 0.6) is 0 Å². The normalized spacial score (nSPS) is 47.0. The molecule has 1 unspecified atom stereocenters. The maximum absolute atomic E-state index is 11.6. The first-order chi connectivity index (χ1) is 11.2. The van der Waals surface area contributed by atoms with E-state index in [2.05, 4.69) is 30.1 Å². The zero-order chi connectivity index (χ0) is 15.7. The number of anilines is 1. The average molecular weight is 313 g/mol. The van der Waals surface area contributed by atoms with Gasteiger partial charge in [-0.2, -0.15) is 0 Å². The molecule has 0 amide bonds. The Balaban J connectivity index is 1.57. The second kappa shape index (κ2) is 4.59. The van der Waals surface area contributed by atoms with Crippen molar-refractivity contribution in [1.82, 2.24) is 0 Å². The Bertz CT molecular complexity index is 663. The zero-order valence-electron chi connectivity index (χ0n) is 13.4. The van der Waals surface area contributed by atoms with E-state index in [-0.39, 0.29) is 0 Å². The van der Waals surface area contributed by atoms with Crippen molar-refractivity contribution < 1.29 is 14.7 Å². The van der Waals surface area contributed by atoms with E-state index in [0.717, 1.165) is 24.2 Å². The lowest BCUT2D eigenvalue weighted by Crippen LogP contribution is -3.22. The van der Waals surface area contributed by atoms with Gasteiger partial charge in [0, 0.05) is 36.4 Å². The molecule has 0 aromatic heterocycles. The minimum Gasteiger partial charge on any atom is -0.380 e. The van der Waals surface area contributed by atoms with Crippen molar-refractivity contribution in [2.24, 2.45) is 11.8 Å². The quantitative estimate of drug-likeness (QED) is 0.711. The molecule has 4 saturated heterocycles. The smallest absolute Gasteiger partial charge is 0.225 e. The predicted molar refractivity (Wildman–Crippen MR) is 88.2 cm³/mol. The number of hydrogen-bond donors (Lipinski definition) is 3. The van der Waals surface area contributed by atoms with Gasteiger partial charge in [0.25, 0.3) is 0 Å². The number of piperidine rings is 3. The van der Waals surface area contributed by atoms with Crippen LogP contribution in [0.15, 0.2) is 36.9 Å². The first-order valence-corrected chi connectivity index (χ1v) is 8.89. The minimum atomic E-state index is -0.900. The van der Waals surface area contributed by atoms with Gasteiger partial charge in [0.1, 0.15) is 11.6 Å². The molecular weight excluding hydrogens is 288 g/mol. The third-order valence-corrected chi connectivity index (χ3v) is 6.87. The highest BCUT2D eigenvalue weighted by molar-refractivity contribution is 5.63. The first-order valence-electron chi connectivity index (χ1n) is 8.89. The summed E-state index contributed by atoms with van der Waals surface area (Å²) in [4.78, 5) is 1.57. The maximum atomic E-state index is 11.6. The standard InChI is InChI=1S/C19H24N2O2/c1-2-13-12-21-9-7-14(13)11-17(21)19-18(22,8-10-23-19)15-5-3-4-6-16(15)20-19/h2-6,13-14,17,20,22H,1,7-12H2/p+1/t13-,14+,17+,18+,19-/m0/s1. The van der Waals surface area contributed by atoms with Gasteiger partial charge in [-0.25, -0.2) is 0 Å². The van der Waals surface area contributed by atoms with E-state index in [1.54, 1.807) is 4.90 Å². The molecule has 0 radical (unpaired) electrons. The number of aliphatic hydroxyl groups is 1. The van der Waals surface area contributed by atoms with Crippen molar-refractivity contribution >= 4 is 5.69 Å². The van der Waals surface area contributed by atoms with Crippen molar-refractivity contribution in [3.05, 3.63) is 42.5 Å². The van der Waals surface area contributed by atoms with Gasteiger partial charge >= 0.3 is 0 Å². The summed E-state index contributed by atoms with van der Waals surface area (Å²) in [6.07, 6.45) is 5.19. The molecular formula is C19H25N2O2+. The van der Waals surface area contributed by atoms with Crippen LogP contribution >= 0.6 is 0 Å². The summed E-state index contributed by atoms with van der Waals surface area (Å²) in [5.74, 6) is 1.30. The lowest BCUT2D eigenvalue weighted by Gasteiger charge is -2.52. The van der Waals surface area contributed by atoms with Gasteiger partial charge in [-0.1, -0.05) is 24.3 Å². The number of para-hydroxylation sites is 1. The summed E-state index contributed by atoms with van der Waals surface area (Å²) in [6, 6.07) is 8.46. The van der Waals surface area contributed by atoms with E-state index < -0.39 is 11.3 Å². The number of fused-ring (bicyclic) bond motifs is 7. The molecule has 0 spiro atoms. The van der Waals surface area contributed by atoms with E-state index in [0.29, 0.717) is 30.9 Å². The van der Waals surface area contributed by atoms with E-state index in [9.17, 15) is 5.11 Å². The van der Waals surface area contributed by atoms with Crippen LogP contribution in [0.3, 0.4) is 0 Å².